The third kappa shape index (κ3) is 5.01. The van der Waals surface area contributed by atoms with E-state index in [1.807, 2.05) is 0 Å². The number of benzene rings is 1. The SMILES string of the molecule is O=c1c(Cl)c(NC[C@@]2(O)CCCOC2)cnn1-c1ccc(Oc2ccc(F)cc2)nc1. The first-order valence-electron chi connectivity index (χ1n) is 9.65. The molecule has 0 amide bonds. The van der Waals surface area contributed by atoms with Gasteiger partial charge in [0.25, 0.3) is 5.56 Å². The van der Waals surface area contributed by atoms with Crippen LogP contribution in [0, 0.1) is 5.82 Å². The summed E-state index contributed by atoms with van der Waals surface area (Å²) in [5.74, 6) is 0.341. The molecule has 2 aromatic heterocycles. The number of aromatic nitrogens is 3. The van der Waals surface area contributed by atoms with Gasteiger partial charge in [0.1, 0.15) is 22.2 Å². The minimum absolute atomic E-state index is 0.0537. The van der Waals surface area contributed by atoms with E-state index in [4.69, 9.17) is 21.1 Å². The maximum atomic E-state index is 13.0. The van der Waals surface area contributed by atoms with Gasteiger partial charge < -0.3 is 19.9 Å². The summed E-state index contributed by atoms with van der Waals surface area (Å²) in [6, 6.07) is 8.70. The van der Waals surface area contributed by atoms with E-state index in [1.54, 1.807) is 12.1 Å². The molecule has 1 aliphatic heterocycles. The Morgan fingerprint density at radius 2 is 2.06 bits per heavy atom. The zero-order chi connectivity index (χ0) is 21.8. The average molecular weight is 447 g/mol. The van der Waals surface area contributed by atoms with Gasteiger partial charge in [0.2, 0.25) is 5.88 Å². The number of nitrogens with zero attached hydrogens (tertiary/aromatic N) is 3. The van der Waals surface area contributed by atoms with E-state index in [0.29, 0.717) is 30.2 Å². The Balaban J connectivity index is 1.47. The molecule has 0 spiro atoms. The van der Waals surface area contributed by atoms with Gasteiger partial charge in [-0.3, -0.25) is 4.79 Å². The summed E-state index contributed by atoms with van der Waals surface area (Å²) in [5.41, 5.74) is -0.830. The van der Waals surface area contributed by atoms with E-state index in [9.17, 15) is 14.3 Å². The number of hydrogen-bond acceptors (Lipinski definition) is 7. The predicted molar refractivity (Wildman–Crippen MR) is 113 cm³/mol. The minimum Gasteiger partial charge on any atom is -0.439 e. The van der Waals surface area contributed by atoms with Crippen molar-refractivity contribution in [1.29, 1.82) is 0 Å². The Morgan fingerprint density at radius 1 is 1.26 bits per heavy atom. The van der Waals surface area contributed by atoms with Crippen LogP contribution in [0.5, 0.6) is 11.6 Å². The Morgan fingerprint density at radius 3 is 2.74 bits per heavy atom. The number of pyridine rings is 1. The molecular formula is C21H20ClFN4O4. The van der Waals surface area contributed by atoms with Gasteiger partial charge in [-0.05, 0) is 43.2 Å². The summed E-state index contributed by atoms with van der Waals surface area (Å²) >= 11 is 6.24. The summed E-state index contributed by atoms with van der Waals surface area (Å²) < 4.78 is 25.0. The van der Waals surface area contributed by atoms with E-state index < -0.39 is 11.2 Å². The summed E-state index contributed by atoms with van der Waals surface area (Å²) in [6.45, 7) is 1.04. The summed E-state index contributed by atoms with van der Waals surface area (Å²) in [5, 5.41) is 17.6. The fourth-order valence-electron chi connectivity index (χ4n) is 3.16. The summed E-state index contributed by atoms with van der Waals surface area (Å²) in [6.07, 6.45) is 4.19. The Hall–Kier alpha value is -3.01. The molecule has 0 radical (unpaired) electrons. The zero-order valence-electron chi connectivity index (χ0n) is 16.4. The van der Waals surface area contributed by atoms with Crippen molar-refractivity contribution in [3.63, 3.8) is 0 Å². The van der Waals surface area contributed by atoms with Crippen LogP contribution >= 0.6 is 11.6 Å². The van der Waals surface area contributed by atoms with Crippen molar-refractivity contribution in [2.24, 2.45) is 0 Å². The number of halogens is 2. The molecule has 8 nitrogen and oxygen atoms in total. The van der Waals surface area contributed by atoms with Gasteiger partial charge in [0.05, 0.1) is 30.4 Å². The predicted octanol–water partition coefficient (Wildman–Crippen LogP) is 3.17. The first kappa shape index (κ1) is 21.2. The van der Waals surface area contributed by atoms with E-state index in [1.165, 1.54) is 36.7 Å². The first-order chi connectivity index (χ1) is 14.9. The van der Waals surface area contributed by atoms with E-state index in [2.05, 4.69) is 15.4 Å². The van der Waals surface area contributed by atoms with Gasteiger partial charge in [-0.15, -0.1) is 0 Å². The minimum atomic E-state index is -1.01. The highest BCUT2D eigenvalue weighted by Gasteiger charge is 2.30. The largest absolute Gasteiger partial charge is 0.439 e. The summed E-state index contributed by atoms with van der Waals surface area (Å²) in [7, 11) is 0. The van der Waals surface area contributed by atoms with E-state index in [0.717, 1.165) is 11.1 Å². The van der Waals surface area contributed by atoms with Crippen LogP contribution in [-0.4, -0.2) is 45.2 Å². The Bertz CT molecular complexity index is 1100. The van der Waals surface area contributed by atoms with Crippen LogP contribution in [0.2, 0.25) is 5.02 Å². The fourth-order valence-corrected chi connectivity index (χ4v) is 3.35. The monoisotopic (exact) mass is 446 g/mol. The molecule has 1 aromatic carbocycles. The normalized spacial score (nSPS) is 18.5. The highest BCUT2D eigenvalue weighted by molar-refractivity contribution is 6.32. The van der Waals surface area contributed by atoms with Gasteiger partial charge >= 0.3 is 0 Å². The molecule has 2 N–H and O–H groups in total. The molecule has 1 aliphatic rings. The third-order valence-electron chi connectivity index (χ3n) is 4.83. The van der Waals surface area contributed by atoms with Crippen LogP contribution < -0.4 is 15.6 Å². The molecule has 1 fully saturated rings. The average Bonchev–Trinajstić information content (AvgIpc) is 2.78. The molecule has 4 rings (SSSR count). The second-order valence-electron chi connectivity index (χ2n) is 7.23. The molecule has 31 heavy (non-hydrogen) atoms. The summed E-state index contributed by atoms with van der Waals surface area (Å²) in [4.78, 5) is 16.8. The number of ether oxygens (including phenoxy) is 2. The van der Waals surface area contributed by atoms with Crippen molar-refractivity contribution < 1.29 is 19.0 Å². The number of aliphatic hydroxyl groups is 1. The van der Waals surface area contributed by atoms with Gasteiger partial charge in [-0.1, -0.05) is 11.6 Å². The number of hydrogen-bond donors (Lipinski definition) is 2. The van der Waals surface area contributed by atoms with Crippen molar-refractivity contribution >= 4 is 17.3 Å². The van der Waals surface area contributed by atoms with Crippen molar-refractivity contribution in [3.8, 4) is 17.3 Å². The van der Waals surface area contributed by atoms with Gasteiger partial charge in [0, 0.05) is 19.2 Å². The molecule has 0 aliphatic carbocycles. The van der Waals surface area contributed by atoms with Gasteiger partial charge in [-0.25, -0.2) is 9.37 Å². The molecule has 1 atom stereocenters. The topological polar surface area (TPSA) is 98.5 Å². The standard InChI is InChI=1S/C21H20ClFN4O4/c22-19-17(25-12-21(29)8-1-9-30-13-21)11-26-27(20(19)28)15-4-7-18(24-10-15)31-16-5-2-14(23)3-6-16/h2-7,10-11,25,29H,1,8-9,12-13H2/t21-/m0/s1. The molecule has 10 heteroatoms. The smallest absolute Gasteiger partial charge is 0.292 e. The van der Waals surface area contributed by atoms with Gasteiger partial charge in [0.15, 0.2) is 0 Å². The Labute approximate surface area is 182 Å². The van der Waals surface area contributed by atoms with Crippen LogP contribution in [0.15, 0.2) is 53.6 Å². The second-order valence-corrected chi connectivity index (χ2v) is 7.61. The van der Waals surface area contributed by atoms with Crippen LogP contribution in [0.4, 0.5) is 10.1 Å². The number of nitrogens with one attached hydrogen (secondary N) is 1. The number of anilines is 1. The van der Waals surface area contributed by atoms with Crippen LogP contribution in [0.1, 0.15) is 12.8 Å². The lowest BCUT2D eigenvalue weighted by Gasteiger charge is -2.32. The van der Waals surface area contributed by atoms with Crippen molar-refractivity contribution in [3.05, 3.63) is 70.0 Å². The maximum absolute atomic E-state index is 13.0. The highest BCUT2D eigenvalue weighted by Crippen LogP contribution is 2.23. The van der Waals surface area contributed by atoms with Gasteiger partial charge in [-0.2, -0.15) is 9.78 Å². The van der Waals surface area contributed by atoms with Crippen molar-refractivity contribution in [2.75, 3.05) is 25.1 Å². The molecular weight excluding hydrogens is 427 g/mol. The lowest BCUT2D eigenvalue weighted by molar-refractivity contribution is -0.0763. The third-order valence-corrected chi connectivity index (χ3v) is 5.19. The maximum Gasteiger partial charge on any atom is 0.292 e. The molecule has 3 heterocycles. The second kappa shape index (κ2) is 9.01. The fraction of sp³-hybridized carbons (Fsp3) is 0.286. The molecule has 162 valence electrons. The quantitative estimate of drug-likeness (QED) is 0.600. The Kier molecular flexibility index (Phi) is 6.17. The lowest BCUT2D eigenvalue weighted by Crippen LogP contribution is -2.44. The highest BCUT2D eigenvalue weighted by atomic mass is 35.5. The van der Waals surface area contributed by atoms with Crippen LogP contribution in [-0.2, 0) is 4.74 Å². The lowest BCUT2D eigenvalue weighted by atomic mass is 9.97. The van der Waals surface area contributed by atoms with Crippen molar-refractivity contribution in [2.45, 2.75) is 18.4 Å². The number of rotatable bonds is 6. The van der Waals surface area contributed by atoms with Crippen LogP contribution in [0.3, 0.4) is 0 Å². The molecule has 0 unspecified atom stereocenters. The van der Waals surface area contributed by atoms with E-state index >= 15 is 0 Å². The molecule has 0 bridgehead atoms. The molecule has 0 saturated carbocycles. The van der Waals surface area contributed by atoms with E-state index in [-0.39, 0.29) is 29.9 Å². The molecule has 1 saturated heterocycles. The first-order valence-corrected chi connectivity index (χ1v) is 10.0. The molecule has 3 aromatic rings. The van der Waals surface area contributed by atoms with Crippen LogP contribution in [0.25, 0.3) is 5.69 Å². The van der Waals surface area contributed by atoms with Crippen molar-refractivity contribution in [1.82, 2.24) is 14.8 Å². The zero-order valence-corrected chi connectivity index (χ0v) is 17.2.